The summed E-state index contributed by atoms with van der Waals surface area (Å²) < 4.78 is 86.3. The predicted molar refractivity (Wildman–Crippen MR) is 381 cm³/mol. The number of unbranched alkanes of at least 4 members (excludes halogenated alkanes) is 2. The molecule has 512 valence electrons. The van der Waals surface area contributed by atoms with Crippen LogP contribution in [0.1, 0.15) is 227 Å². The van der Waals surface area contributed by atoms with Crippen molar-refractivity contribution in [2.75, 3.05) is 39.5 Å². The van der Waals surface area contributed by atoms with E-state index in [0.29, 0.717) is 90.9 Å². The number of fused-ring (bicyclic) bond motifs is 8. The second kappa shape index (κ2) is 31.4. The second-order valence-corrected chi connectivity index (χ2v) is 33.3. The van der Waals surface area contributed by atoms with Crippen molar-refractivity contribution in [1.29, 1.82) is 0 Å². The van der Waals surface area contributed by atoms with Crippen LogP contribution in [0.25, 0.3) is 0 Å². The van der Waals surface area contributed by atoms with Crippen LogP contribution in [0, 0.1) is 13.8 Å². The van der Waals surface area contributed by atoms with Crippen molar-refractivity contribution in [2.24, 2.45) is 0 Å². The molecule has 0 spiro atoms. The summed E-state index contributed by atoms with van der Waals surface area (Å²) in [5.41, 5.74) is 14.0. The number of rotatable bonds is 26. The van der Waals surface area contributed by atoms with E-state index in [-0.39, 0.29) is 31.5 Å². The van der Waals surface area contributed by atoms with E-state index in [9.17, 15) is 26.4 Å². The van der Waals surface area contributed by atoms with E-state index in [4.69, 9.17) is 18.9 Å². The van der Waals surface area contributed by atoms with Gasteiger partial charge in [-0.15, -0.1) is 0 Å². The molecule has 2 atom stereocenters. The Morgan fingerprint density at radius 2 is 0.628 bits per heavy atom. The van der Waals surface area contributed by atoms with Crippen molar-refractivity contribution in [3.63, 3.8) is 0 Å². The standard InChI is InChI=1S/C78H108N4O10S2/c1-19-35-89-69-55-39-59-47-65(77(13,14)15)49-61(71(59)91-37-23-21-33-79-73(83)53(5)81-93(85,86)67-29-25-51(3)26-30-67)41-57-45-64(76(10,11)12)46-58(70(57)90-36-20-2)42-62-50-66(78(16,17)18)48-60(40-56(69)44-63(43-55)75(7,8)9)72(62)92-38-24-22-34-80-74(84)54(6)82-94(87,88)68-31-27-52(4)28-32-68/h25-32,43-50,53-54,81-82H,19-24,33-42H2,1-18H3,(H,79,83)(H,80,84)/t53-,54-/m0/s1. The number of hydrogen-bond acceptors (Lipinski definition) is 10. The molecule has 6 aromatic rings. The Morgan fingerprint density at radius 3 is 0.851 bits per heavy atom. The maximum absolute atomic E-state index is 13.3. The van der Waals surface area contributed by atoms with Crippen LogP contribution in [-0.4, -0.2) is 80.3 Å². The van der Waals surface area contributed by atoms with Crippen LogP contribution in [0.3, 0.4) is 0 Å². The van der Waals surface area contributed by atoms with E-state index in [2.05, 4.69) is 166 Å². The first-order valence-corrected chi connectivity index (χ1v) is 36.8. The largest absolute Gasteiger partial charge is 0.493 e. The Hall–Kier alpha value is -6.72. The molecule has 94 heavy (non-hydrogen) atoms. The van der Waals surface area contributed by atoms with E-state index in [0.717, 1.165) is 91.5 Å². The van der Waals surface area contributed by atoms with Gasteiger partial charge in [-0.25, -0.2) is 16.8 Å². The van der Waals surface area contributed by atoms with Crippen molar-refractivity contribution in [1.82, 2.24) is 20.1 Å². The Labute approximate surface area is 564 Å². The number of aryl methyl sites for hydroxylation is 2. The predicted octanol–water partition coefficient (Wildman–Crippen LogP) is 15.0. The summed E-state index contributed by atoms with van der Waals surface area (Å²) in [4.78, 5) is 26.9. The van der Waals surface area contributed by atoms with Crippen molar-refractivity contribution in [3.05, 3.63) is 175 Å². The van der Waals surface area contributed by atoms with Crippen molar-refractivity contribution < 1.29 is 45.4 Å². The number of nitrogens with one attached hydrogen (secondary N) is 4. The molecule has 1 aliphatic carbocycles. The molecule has 4 N–H and O–H groups in total. The SMILES string of the molecule is CCCOc1c2cc(C(C)(C)C)cc1Cc1cc(C(C)(C)C)cc(c1OCCCCNC(=O)[C@H](C)NS(=O)(=O)c1ccc(C)cc1)Cc1cc(C(C)(C)C)cc(c1OCCC)Cc1cc(C(C)(C)C)cc(c1OCCCCNC(=O)[C@H](C)NS(=O)(=O)c1ccc(C)cc1)C2. The highest BCUT2D eigenvalue weighted by molar-refractivity contribution is 7.89. The van der Waals surface area contributed by atoms with Gasteiger partial charge in [0.05, 0.1) is 48.3 Å². The number of amides is 2. The summed E-state index contributed by atoms with van der Waals surface area (Å²) in [5.74, 6) is 2.49. The lowest BCUT2D eigenvalue weighted by atomic mass is 9.79. The molecule has 1 aliphatic rings. The van der Waals surface area contributed by atoms with E-state index in [1.54, 1.807) is 38.1 Å². The smallest absolute Gasteiger partial charge is 0.241 e. The molecule has 0 aromatic heterocycles. The van der Waals surface area contributed by atoms with Crippen LogP contribution in [0.2, 0.25) is 0 Å². The van der Waals surface area contributed by atoms with Gasteiger partial charge in [0, 0.05) is 38.8 Å². The maximum atomic E-state index is 13.3. The van der Waals surface area contributed by atoms with Gasteiger partial charge in [-0.3, -0.25) is 9.59 Å². The average Bonchev–Trinajstić information content (AvgIpc) is 0.800. The summed E-state index contributed by atoms with van der Waals surface area (Å²) in [5, 5.41) is 5.90. The molecular weight excluding hydrogens is 1220 g/mol. The molecule has 0 radical (unpaired) electrons. The lowest BCUT2D eigenvalue weighted by molar-refractivity contribution is -0.123. The third kappa shape index (κ3) is 20.2. The summed E-state index contributed by atoms with van der Waals surface area (Å²) in [6.45, 7) is 40.6. The number of sulfonamides is 2. The van der Waals surface area contributed by atoms with Gasteiger partial charge in [-0.1, -0.05) is 181 Å². The molecule has 0 heterocycles. The molecule has 0 saturated heterocycles. The molecule has 7 rings (SSSR count). The highest BCUT2D eigenvalue weighted by Gasteiger charge is 2.31. The van der Waals surface area contributed by atoms with Crippen LogP contribution < -0.4 is 39.0 Å². The van der Waals surface area contributed by atoms with Gasteiger partial charge < -0.3 is 29.6 Å². The van der Waals surface area contributed by atoms with Crippen LogP contribution in [0.4, 0.5) is 0 Å². The summed E-state index contributed by atoms with van der Waals surface area (Å²) in [6.07, 6.45) is 6.04. The zero-order valence-electron chi connectivity index (χ0n) is 59.6. The maximum Gasteiger partial charge on any atom is 0.241 e. The minimum Gasteiger partial charge on any atom is -0.493 e. The van der Waals surface area contributed by atoms with E-state index < -0.39 is 43.9 Å². The summed E-state index contributed by atoms with van der Waals surface area (Å²) in [6, 6.07) is 29.7. The fraction of sp³-hybridized carbons (Fsp3) is 0.513. The Bertz CT molecular complexity index is 3480. The second-order valence-electron chi connectivity index (χ2n) is 29.9. The van der Waals surface area contributed by atoms with Gasteiger partial charge >= 0.3 is 0 Å². The Morgan fingerprint density at radius 1 is 0.394 bits per heavy atom. The quantitative estimate of drug-likeness (QED) is 0.0380. The zero-order valence-corrected chi connectivity index (χ0v) is 61.2. The van der Waals surface area contributed by atoms with E-state index in [1.165, 1.54) is 46.5 Å². The van der Waals surface area contributed by atoms with Gasteiger partial charge in [-0.05, 0) is 179 Å². The lowest BCUT2D eigenvalue weighted by Crippen LogP contribution is -2.45. The third-order valence-corrected chi connectivity index (χ3v) is 20.3. The first kappa shape index (κ1) is 74.7. The topological polar surface area (TPSA) is 187 Å². The molecule has 8 bridgehead atoms. The van der Waals surface area contributed by atoms with Crippen LogP contribution in [0.5, 0.6) is 23.0 Å². The molecule has 6 aromatic carbocycles. The zero-order chi connectivity index (χ0) is 69.1. The number of carbonyl (C=O) groups is 2. The first-order chi connectivity index (χ1) is 44.0. The third-order valence-electron chi connectivity index (χ3n) is 17.2. The normalized spacial score (nSPS) is 13.8. The van der Waals surface area contributed by atoms with Gasteiger partial charge in [0.1, 0.15) is 23.0 Å². The minimum atomic E-state index is -3.91. The van der Waals surface area contributed by atoms with Crippen molar-refractivity contribution in [2.45, 2.75) is 232 Å². The Balaban J connectivity index is 1.31. The number of ether oxygens (including phenoxy) is 4. The summed E-state index contributed by atoms with van der Waals surface area (Å²) >= 11 is 0. The lowest BCUT2D eigenvalue weighted by Gasteiger charge is -2.29. The number of carbonyl (C=O) groups excluding carboxylic acids is 2. The Kier molecular flexibility index (Phi) is 25.0. The van der Waals surface area contributed by atoms with Crippen LogP contribution >= 0.6 is 0 Å². The molecule has 0 fully saturated rings. The van der Waals surface area contributed by atoms with E-state index >= 15 is 0 Å². The number of hydrogen-bond donors (Lipinski definition) is 4. The highest BCUT2D eigenvalue weighted by atomic mass is 32.2. The van der Waals surface area contributed by atoms with Gasteiger partial charge in [0.25, 0.3) is 0 Å². The van der Waals surface area contributed by atoms with Gasteiger partial charge in [0.15, 0.2) is 0 Å². The van der Waals surface area contributed by atoms with Crippen molar-refractivity contribution in [3.8, 4) is 23.0 Å². The highest BCUT2D eigenvalue weighted by Crippen LogP contribution is 2.45. The van der Waals surface area contributed by atoms with Crippen LogP contribution in [-0.2, 0) is 77.0 Å². The molecule has 16 heteroatoms. The van der Waals surface area contributed by atoms with Crippen LogP contribution in [0.15, 0.2) is 107 Å². The van der Waals surface area contributed by atoms with Gasteiger partial charge in [0.2, 0.25) is 31.9 Å². The molecule has 0 saturated carbocycles. The molecule has 14 nitrogen and oxygen atoms in total. The van der Waals surface area contributed by atoms with Gasteiger partial charge in [-0.2, -0.15) is 9.44 Å². The minimum absolute atomic E-state index is 0.104. The van der Waals surface area contributed by atoms with Crippen molar-refractivity contribution >= 4 is 31.9 Å². The average molecular weight is 1330 g/mol. The fourth-order valence-corrected chi connectivity index (χ4v) is 13.9. The molecule has 2 amide bonds. The first-order valence-electron chi connectivity index (χ1n) is 33.9. The number of benzene rings is 6. The molecule has 0 aliphatic heterocycles. The fourth-order valence-electron chi connectivity index (χ4n) is 11.4. The monoisotopic (exact) mass is 1320 g/mol. The van der Waals surface area contributed by atoms with E-state index in [1.807, 2.05) is 13.8 Å². The molecular formula is C78H108N4O10S2. The summed E-state index contributed by atoms with van der Waals surface area (Å²) in [7, 11) is -7.82. The molecule has 0 unspecified atom stereocenters.